The maximum atomic E-state index is 11.9. The second kappa shape index (κ2) is 5.55. The van der Waals surface area contributed by atoms with Crippen molar-refractivity contribution >= 4 is 5.91 Å². The molecule has 3 N–H and O–H groups in total. The predicted molar refractivity (Wildman–Crippen MR) is 67.8 cm³/mol. The molecule has 2 aliphatic rings. The monoisotopic (exact) mass is 256 g/mol. The summed E-state index contributed by atoms with van der Waals surface area (Å²) < 4.78 is 11.3. The zero-order valence-corrected chi connectivity index (χ0v) is 11.3. The lowest BCUT2D eigenvalue weighted by Crippen LogP contribution is -2.50. The van der Waals surface area contributed by atoms with E-state index in [0.717, 1.165) is 25.7 Å². The van der Waals surface area contributed by atoms with Gasteiger partial charge >= 0.3 is 0 Å². The molecule has 2 fully saturated rings. The summed E-state index contributed by atoms with van der Waals surface area (Å²) in [5.74, 6) is -0.234. The van der Waals surface area contributed by atoms with Gasteiger partial charge in [0.05, 0.1) is 19.3 Å². The first-order chi connectivity index (χ1) is 8.52. The normalized spacial score (nSPS) is 25.6. The van der Waals surface area contributed by atoms with Gasteiger partial charge in [-0.3, -0.25) is 4.79 Å². The first-order valence-electron chi connectivity index (χ1n) is 6.86. The summed E-state index contributed by atoms with van der Waals surface area (Å²) in [4.78, 5) is 11.9. The molecule has 1 amide bonds. The van der Waals surface area contributed by atoms with Gasteiger partial charge in [-0.15, -0.1) is 0 Å². The van der Waals surface area contributed by atoms with Gasteiger partial charge in [0, 0.05) is 18.9 Å². The third kappa shape index (κ3) is 3.02. The predicted octanol–water partition coefficient (Wildman–Crippen LogP) is 0.772. The van der Waals surface area contributed by atoms with Crippen molar-refractivity contribution in [3.8, 4) is 0 Å². The van der Waals surface area contributed by atoms with Crippen molar-refractivity contribution in [3.05, 3.63) is 0 Å². The number of hydrogen-bond donors (Lipinski definition) is 2. The van der Waals surface area contributed by atoms with Crippen molar-refractivity contribution in [2.24, 2.45) is 11.7 Å². The van der Waals surface area contributed by atoms with E-state index in [2.05, 4.69) is 5.32 Å². The third-order valence-electron chi connectivity index (χ3n) is 3.93. The molecule has 1 aliphatic heterocycles. The summed E-state index contributed by atoms with van der Waals surface area (Å²) in [6.07, 6.45) is 3.51. The molecule has 104 valence electrons. The zero-order valence-electron chi connectivity index (χ0n) is 11.3. The summed E-state index contributed by atoms with van der Waals surface area (Å²) in [5, 5.41) is 3.03. The number of carbonyl (C=O) groups is 1. The molecule has 5 heteroatoms. The molecule has 2 rings (SSSR count). The second-order valence-electron chi connectivity index (χ2n) is 5.66. The first kappa shape index (κ1) is 13.8. The molecule has 0 aromatic rings. The number of rotatable bonds is 3. The van der Waals surface area contributed by atoms with E-state index in [-0.39, 0.29) is 23.7 Å². The van der Waals surface area contributed by atoms with Gasteiger partial charge in [0.2, 0.25) is 5.91 Å². The molecule has 1 saturated heterocycles. The minimum Gasteiger partial charge on any atom is -0.352 e. The van der Waals surface area contributed by atoms with Gasteiger partial charge in [0.1, 0.15) is 0 Å². The Morgan fingerprint density at radius 1 is 1.28 bits per heavy atom. The molecule has 18 heavy (non-hydrogen) atoms. The minimum atomic E-state index is -0.417. The van der Waals surface area contributed by atoms with Crippen LogP contribution in [0.2, 0.25) is 0 Å². The number of ether oxygens (including phenoxy) is 2. The Labute approximate surface area is 108 Å². The fourth-order valence-electron chi connectivity index (χ4n) is 2.59. The molecule has 0 aromatic heterocycles. The van der Waals surface area contributed by atoms with Gasteiger partial charge < -0.3 is 20.5 Å². The van der Waals surface area contributed by atoms with Gasteiger partial charge in [0.25, 0.3) is 0 Å². The highest BCUT2D eigenvalue weighted by Gasteiger charge is 2.40. The highest BCUT2D eigenvalue weighted by molar-refractivity contribution is 5.82. The topological polar surface area (TPSA) is 73.6 Å². The highest BCUT2D eigenvalue weighted by atomic mass is 16.7. The van der Waals surface area contributed by atoms with Crippen LogP contribution in [0.4, 0.5) is 0 Å². The van der Waals surface area contributed by atoms with Gasteiger partial charge in [-0.1, -0.05) is 13.8 Å². The zero-order chi connectivity index (χ0) is 13.2. The van der Waals surface area contributed by atoms with Crippen LogP contribution in [0.5, 0.6) is 0 Å². The smallest absolute Gasteiger partial charge is 0.237 e. The largest absolute Gasteiger partial charge is 0.352 e. The van der Waals surface area contributed by atoms with Crippen molar-refractivity contribution in [1.82, 2.24) is 5.32 Å². The van der Waals surface area contributed by atoms with Crippen LogP contribution in [0.25, 0.3) is 0 Å². The summed E-state index contributed by atoms with van der Waals surface area (Å²) in [6.45, 7) is 5.30. The van der Waals surface area contributed by atoms with E-state index in [9.17, 15) is 4.79 Å². The molecule has 1 atom stereocenters. The molecular formula is C13H24N2O3. The Bertz CT molecular complexity index is 291. The van der Waals surface area contributed by atoms with Crippen molar-refractivity contribution in [2.75, 3.05) is 13.2 Å². The van der Waals surface area contributed by atoms with Gasteiger partial charge in [-0.25, -0.2) is 0 Å². The van der Waals surface area contributed by atoms with Crippen LogP contribution < -0.4 is 11.1 Å². The Hall–Kier alpha value is -0.650. The van der Waals surface area contributed by atoms with Gasteiger partial charge in [0.15, 0.2) is 5.79 Å². The summed E-state index contributed by atoms with van der Waals surface area (Å²) in [7, 11) is 0. The van der Waals surface area contributed by atoms with Crippen molar-refractivity contribution in [2.45, 2.75) is 57.4 Å². The van der Waals surface area contributed by atoms with E-state index in [0.29, 0.717) is 13.2 Å². The molecule has 1 heterocycles. The molecule has 0 bridgehead atoms. The lowest BCUT2D eigenvalue weighted by Gasteiger charge is -2.36. The number of hydrogen-bond acceptors (Lipinski definition) is 4. The van der Waals surface area contributed by atoms with Crippen LogP contribution >= 0.6 is 0 Å². The second-order valence-corrected chi connectivity index (χ2v) is 5.66. The average Bonchev–Trinajstić information content (AvgIpc) is 2.80. The van der Waals surface area contributed by atoms with E-state index in [1.54, 1.807) is 0 Å². The van der Waals surface area contributed by atoms with Crippen molar-refractivity contribution < 1.29 is 14.3 Å². The molecule has 1 saturated carbocycles. The Kier molecular flexibility index (Phi) is 4.25. The van der Waals surface area contributed by atoms with Crippen molar-refractivity contribution in [1.29, 1.82) is 0 Å². The van der Waals surface area contributed by atoms with Crippen molar-refractivity contribution in [3.63, 3.8) is 0 Å². The molecule has 0 unspecified atom stereocenters. The van der Waals surface area contributed by atoms with E-state index in [1.165, 1.54) is 0 Å². The fraction of sp³-hybridized carbons (Fsp3) is 0.923. The Balaban J connectivity index is 1.78. The highest BCUT2D eigenvalue weighted by Crippen LogP contribution is 2.35. The maximum absolute atomic E-state index is 11.9. The SMILES string of the molecule is CC(C)[C@H](N)C(=O)NC1CCC2(CC1)OCCO2. The lowest BCUT2D eigenvalue weighted by atomic mass is 9.89. The standard InChI is InChI=1S/C13H24N2O3/c1-9(2)11(14)12(16)15-10-3-5-13(6-4-10)17-7-8-18-13/h9-11H,3-8,14H2,1-2H3,(H,15,16)/t11-/m0/s1. The molecule has 1 aliphatic carbocycles. The average molecular weight is 256 g/mol. The Morgan fingerprint density at radius 2 is 1.83 bits per heavy atom. The molecule has 0 radical (unpaired) electrons. The number of nitrogens with one attached hydrogen (secondary N) is 1. The fourth-order valence-corrected chi connectivity index (χ4v) is 2.59. The Morgan fingerprint density at radius 3 is 2.33 bits per heavy atom. The van der Waals surface area contributed by atoms with E-state index < -0.39 is 6.04 Å². The van der Waals surface area contributed by atoms with E-state index >= 15 is 0 Å². The van der Waals surface area contributed by atoms with Gasteiger partial charge in [-0.05, 0) is 18.8 Å². The van der Waals surface area contributed by atoms with Crippen LogP contribution in [0.15, 0.2) is 0 Å². The first-order valence-corrected chi connectivity index (χ1v) is 6.86. The van der Waals surface area contributed by atoms with Crippen LogP contribution in [0.3, 0.4) is 0 Å². The number of nitrogens with two attached hydrogens (primary N) is 1. The molecule has 5 nitrogen and oxygen atoms in total. The molecular weight excluding hydrogens is 232 g/mol. The molecule has 0 aromatic carbocycles. The lowest BCUT2D eigenvalue weighted by molar-refractivity contribution is -0.180. The summed E-state index contributed by atoms with van der Waals surface area (Å²) in [6, 6.07) is -0.208. The summed E-state index contributed by atoms with van der Waals surface area (Å²) >= 11 is 0. The molecule has 1 spiro atoms. The number of amides is 1. The maximum Gasteiger partial charge on any atom is 0.237 e. The van der Waals surface area contributed by atoms with Crippen LogP contribution in [0, 0.1) is 5.92 Å². The summed E-state index contributed by atoms with van der Waals surface area (Å²) in [5.41, 5.74) is 5.83. The van der Waals surface area contributed by atoms with E-state index in [1.807, 2.05) is 13.8 Å². The van der Waals surface area contributed by atoms with Gasteiger partial charge in [-0.2, -0.15) is 0 Å². The third-order valence-corrected chi connectivity index (χ3v) is 3.93. The minimum absolute atomic E-state index is 0.0424. The quantitative estimate of drug-likeness (QED) is 0.782. The van der Waals surface area contributed by atoms with Crippen LogP contribution in [-0.2, 0) is 14.3 Å². The van der Waals surface area contributed by atoms with Crippen LogP contribution in [-0.4, -0.2) is 37.0 Å². The van der Waals surface area contributed by atoms with E-state index in [4.69, 9.17) is 15.2 Å². The number of carbonyl (C=O) groups excluding carboxylic acids is 1. The van der Waals surface area contributed by atoms with Crippen LogP contribution in [0.1, 0.15) is 39.5 Å².